The summed E-state index contributed by atoms with van der Waals surface area (Å²) in [7, 11) is 0. The van der Waals surface area contributed by atoms with Crippen LogP contribution >= 0.6 is 0 Å². The summed E-state index contributed by atoms with van der Waals surface area (Å²) in [5.74, 6) is 0.721. The lowest BCUT2D eigenvalue weighted by Gasteiger charge is -2.07. The summed E-state index contributed by atoms with van der Waals surface area (Å²) in [6.07, 6.45) is 0. The van der Waals surface area contributed by atoms with Crippen LogP contribution in [-0.2, 0) is 6.54 Å². The van der Waals surface area contributed by atoms with Gasteiger partial charge in [-0.2, -0.15) is 0 Å². The topological polar surface area (TPSA) is 80.0 Å². The number of carbonyl (C=O) groups excluding carboxylic acids is 1. The van der Waals surface area contributed by atoms with E-state index in [0.717, 1.165) is 28.9 Å². The molecule has 0 aliphatic rings. The van der Waals surface area contributed by atoms with Crippen LogP contribution in [0.1, 0.15) is 27.0 Å². The van der Waals surface area contributed by atoms with E-state index in [9.17, 15) is 4.79 Å². The molecule has 2 N–H and O–H groups in total. The molecule has 0 aliphatic heterocycles. The van der Waals surface area contributed by atoms with Crippen molar-refractivity contribution in [2.45, 2.75) is 20.4 Å². The van der Waals surface area contributed by atoms with Gasteiger partial charge >= 0.3 is 0 Å². The number of hydrogen-bond acceptors (Lipinski definition) is 5. The molecule has 0 radical (unpaired) electrons. The molecule has 0 bridgehead atoms. The molecular weight excluding hydrogens is 448 g/mol. The molecule has 4 aromatic carbocycles. The molecule has 1 aromatic heterocycles. The molecule has 6 nitrogen and oxygen atoms in total. The fourth-order valence-electron chi connectivity index (χ4n) is 3.90. The van der Waals surface area contributed by atoms with Gasteiger partial charge in [-0.3, -0.25) is 4.79 Å². The van der Waals surface area contributed by atoms with Gasteiger partial charge in [0.05, 0.1) is 0 Å². The first-order valence-electron chi connectivity index (χ1n) is 11.8. The number of hydrogen-bond donors (Lipinski definition) is 2. The maximum Gasteiger partial charge on any atom is 0.255 e. The summed E-state index contributed by atoms with van der Waals surface area (Å²) in [6.45, 7) is 4.81. The van der Waals surface area contributed by atoms with Crippen molar-refractivity contribution in [3.05, 3.63) is 119 Å². The maximum absolute atomic E-state index is 12.5. The fourth-order valence-corrected chi connectivity index (χ4v) is 3.90. The Bertz CT molecular complexity index is 1490. The number of carbonyl (C=O) groups is 1. The predicted octanol–water partition coefficient (Wildman–Crippen LogP) is 6.88. The second kappa shape index (κ2) is 10.3. The van der Waals surface area contributed by atoms with Crippen molar-refractivity contribution in [1.82, 2.24) is 10.2 Å². The largest absolute Gasteiger partial charge is 0.416 e. The Balaban J connectivity index is 1.22. The molecule has 1 amide bonds. The number of benzene rings is 4. The van der Waals surface area contributed by atoms with Crippen molar-refractivity contribution in [1.29, 1.82) is 0 Å². The van der Waals surface area contributed by atoms with Crippen molar-refractivity contribution in [2.75, 3.05) is 10.6 Å². The first-order chi connectivity index (χ1) is 17.5. The Morgan fingerprint density at radius 1 is 0.722 bits per heavy atom. The third kappa shape index (κ3) is 5.50. The minimum Gasteiger partial charge on any atom is -0.416 e. The molecule has 0 fully saturated rings. The Kier molecular flexibility index (Phi) is 6.58. The van der Waals surface area contributed by atoms with E-state index < -0.39 is 0 Å². The molecule has 0 spiro atoms. The lowest BCUT2D eigenvalue weighted by Crippen LogP contribution is -2.11. The van der Waals surface area contributed by atoms with Gasteiger partial charge in [-0.1, -0.05) is 47.5 Å². The quantitative estimate of drug-likeness (QED) is 0.269. The molecule has 0 saturated heterocycles. The van der Waals surface area contributed by atoms with E-state index in [0.29, 0.717) is 23.0 Å². The van der Waals surface area contributed by atoms with Crippen molar-refractivity contribution in [2.24, 2.45) is 0 Å². The number of anilines is 2. The standard InChI is InChI=1S/C30H26N4O2/c1-20-5-3-7-22(17-20)19-31-26-13-9-23(10-14-26)29-33-34-30(36-29)24-11-15-27(16-12-24)32-28(35)25-8-4-6-21(2)18-25/h3-18,31H,19H2,1-2H3,(H,32,35). The monoisotopic (exact) mass is 474 g/mol. The summed E-state index contributed by atoms with van der Waals surface area (Å²) in [4.78, 5) is 12.5. The molecule has 6 heteroatoms. The second-order valence-corrected chi connectivity index (χ2v) is 8.73. The molecule has 36 heavy (non-hydrogen) atoms. The molecule has 1 heterocycles. The van der Waals surface area contributed by atoms with Gasteiger partial charge in [0.15, 0.2) is 0 Å². The van der Waals surface area contributed by atoms with E-state index in [1.807, 2.05) is 73.7 Å². The zero-order valence-corrected chi connectivity index (χ0v) is 20.2. The van der Waals surface area contributed by atoms with Crippen LogP contribution in [0.3, 0.4) is 0 Å². The Morgan fingerprint density at radius 3 is 1.92 bits per heavy atom. The van der Waals surface area contributed by atoms with E-state index in [-0.39, 0.29) is 5.91 Å². The minimum atomic E-state index is -0.150. The van der Waals surface area contributed by atoms with E-state index in [4.69, 9.17) is 4.42 Å². The van der Waals surface area contributed by atoms with Crippen LogP contribution in [0.2, 0.25) is 0 Å². The van der Waals surface area contributed by atoms with Crippen molar-refractivity contribution >= 4 is 17.3 Å². The van der Waals surface area contributed by atoms with E-state index in [1.54, 1.807) is 6.07 Å². The smallest absolute Gasteiger partial charge is 0.255 e. The van der Waals surface area contributed by atoms with Crippen molar-refractivity contribution in [3.8, 4) is 22.9 Å². The number of aromatic nitrogens is 2. The zero-order chi connectivity index (χ0) is 24.9. The van der Waals surface area contributed by atoms with Gasteiger partial charge in [0.1, 0.15) is 0 Å². The van der Waals surface area contributed by atoms with Gasteiger partial charge in [-0.25, -0.2) is 0 Å². The van der Waals surface area contributed by atoms with E-state index in [1.165, 1.54) is 11.1 Å². The molecule has 0 saturated carbocycles. The number of rotatable bonds is 7. The van der Waals surface area contributed by atoms with Crippen molar-refractivity contribution in [3.63, 3.8) is 0 Å². The van der Waals surface area contributed by atoms with Crippen LogP contribution in [0.5, 0.6) is 0 Å². The van der Waals surface area contributed by atoms with Crippen LogP contribution in [-0.4, -0.2) is 16.1 Å². The number of nitrogens with one attached hydrogen (secondary N) is 2. The fraction of sp³-hybridized carbons (Fsp3) is 0.100. The molecule has 0 unspecified atom stereocenters. The van der Waals surface area contributed by atoms with Gasteiger partial charge in [0, 0.05) is 34.6 Å². The van der Waals surface area contributed by atoms with Crippen LogP contribution in [0.15, 0.2) is 101 Å². The Labute approximate surface area is 210 Å². The highest BCUT2D eigenvalue weighted by Crippen LogP contribution is 2.26. The first-order valence-corrected chi connectivity index (χ1v) is 11.8. The van der Waals surface area contributed by atoms with Gasteiger partial charge in [0.25, 0.3) is 5.91 Å². The van der Waals surface area contributed by atoms with Gasteiger partial charge in [-0.05, 0) is 80.1 Å². The summed E-state index contributed by atoms with van der Waals surface area (Å²) in [5, 5.41) is 14.8. The minimum absolute atomic E-state index is 0.150. The number of aryl methyl sites for hydroxylation is 2. The van der Waals surface area contributed by atoms with Gasteiger partial charge in [-0.15, -0.1) is 10.2 Å². The second-order valence-electron chi connectivity index (χ2n) is 8.73. The molecule has 5 rings (SSSR count). The highest BCUT2D eigenvalue weighted by atomic mass is 16.4. The van der Waals surface area contributed by atoms with Crippen LogP contribution in [0.4, 0.5) is 11.4 Å². The lowest BCUT2D eigenvalue weighted by molar-refractivity contribution is 0.102. The number of nitrogens with zero attached hydrogens (tertiary/aromatic N) is 2. The maximum atomic E-state index is 12.5. The Morgan fingerprint density at radius 2 is 1.31 bits per heavy atom. The highest BCUT2D eigenvalue weighted by Gasteiger charge is 2.12. The molecule has 0 atom stereocenters. The summed E-state index contributed by atoms with van der Waals surface area (Å²) in [6, 6.07) is 31.2. The summed E-state index contributed by atoms with van der Waals surface area (Å²) in [5.41, 5.74) is 7.48. The van der Waals surface area contributed by atoms with Crippen LogP contribution < -0.4 is 10.6 Å². The third-order valence-corrected chi connectivity index (χ3v) is 5.81. The summed E-state index contributed by atoms with van der Waals surface area (Å²) < 4.78 is 5.91. The lowest BCUT2D eigenvalue weighted by atomic mass is 10.1. The Hall–Kier alpha value is -4.71. The van der Waals surface area contributed by atoms with E-state index >= 15 is 0 Å². The normalized spacial score (nSPS) is 10.7. The number of amides is 1. The average Bonchev–Trinajstić information content (AvgIpc) is 3.39. The first kappa shape index (κ1) is 23.1. The molecule has 0 aliphatic carbocycles. The van der Waals surface area contributed by atoms with E-state index in [2.05, 4.69) is 52.0 Å². The molecule has 5 aromatic rings. The van der Waals surface area contributed by atoms with Crippen LogP contribution in [0, 0.1) is 13.8 Å². The SMILES string of the molecule is Cc1cccc(CNc2ccc(-c3nnc(-c4ccc(NC(=O)c5cccc(C)c5)cc4)o3)cc2)c1. The predicted molar refractivity (Wildman–Crippen MR) is 143 cm³/mol. The average molecular weight is 475 g/mol. The van der Waals surface area contributed by atoms with Crippen LogP contribution in [0.25, 0.3) is 22.9 Å². The zero-order valence-electron chi connectivity index (χ0n) is 20.2. The highest BCUT2D eigenvalue weighted by molar-refractivity contribution is 6.04. The van der Waals surface area contributed by atoms with Gasteiger partial charge < -0.3 is 15.1 Å². The van der Waals surface area contributed by atoms with Crippen molar-refractivity contribution < 1.29 is 9.21 Å². The summed E-state index contributed by atoms with van der Waals surface area (Å²) >= 11 is 0. The third-order valence-electron chi connectivity index (χ3n) is 5.81. The molecular formula is C30H26N4O2. The van der Waals surface area contributed by atoms with Gasteiger partial charge in [0.2, 0.25) is 11.8 Å². The molecule has 178 valence electrons.